The molecule has 0 atom stereocenters. The summed E-state index contributed by atoms with van der Waals surface area (Å²) < 4.78 is 17.1. The quantitative estimate of drug-likeness (QED) is 0.845. The number of nitriles is 1. The number of hydrogen-bond acceptors (Lipinski definition) is 6. The number of anilines is 1. The molecule has 0 unspecified atom stereocenters. The third kappa shape index (κ3) is 2.43. The van der Waals surface area contributed by atoms with Crippen LogP contribution in [0.15, 0.2) is 18.3 Å². The van der Waals surface area contributed by atoms with Crippen LogP contribution < -0.4 is 15.2 Å². The minimum atomic E-state index is -0.671. The van der Waals surface area contributed by atoms with Crippen LogP contribution in [0.1, 0.15) is 16.1 Å². The van der Waals surface area contributed by atoms with Crippen molar-refractivity contribution >= 4 is 23.3 Å². The van der Waals surface area contributed by atoms with Gasteiger partial charge in [0.05, 0.1) is 29.1 Å². The standard InChI is InChI=1S/C15H12ClN3O4/c1-21-15(20)14-13(18)8(6-17)7-19(14)10-5-12-11(4-9(10)16)22-2-3-23-12/h4-5,7H,2-3,18H2,1H3. The van der Waals surface area contributed by atoms with Crippen LogP contribution in [0.2, 0.25) is 5.02 Å². The first-order valence-corrected chi connectivity index (χ1v) is 7.03. The monoisotopic (exact) mass is 333 g/mol. The average Bonchev–Trinajstić information content (AvgIpc) is 2.89. The van der Waals surface area contributed by atoms with E-state index in [9.17, 15) is 4.79 Å². The van der Waals surface area contributed by atoms with Crippen molar-refractivity contribution < 1.29 is 19.0 Å². The lowest BCUT2D eigenvalue weighted by Crippen LogP contribution is -2.16. The summed E-state index contributed by atoms with van der Waals surface area (Å²) in [6.07, 6.45) is 1.43. The smallest absolute Gasteiger partial charge is 0.357 e. The fourth-order valence-electron chi connectivity index (χ4n) is 2.34. The summed E-state index contributed by atoms with van der Waals surface area (Å²) in [6.45, 7) is 0.848. The highest BCUT2D eigenvalue weighted by atomic mass is 35.5. The number of ether oxygens (including phenoxy) is 3. The lowest BCUT2D eigenvalue weighted by molar-refractivity contribution is 0.0593. The molecule has 8 heteroatoms. The average molecular weight is 334 g/mol. The maximum Gasteiger partial charge on any atom is 0.357 e. The number of aromatic nitrogens is 1. The summed E-state index contributed by atoms with van der Waals surface area (Å²) >= 11 is 6.29. The van der Waals surface area contributed by atoms with E-state index < -0.39 is 5.97 Å². The molecule has 0 saturated heterocycles. The van der Waals surface area contributed by atoms with Gasteiger partial charge in [-0.15, -0.1) is 0 Å². The Labute approximate surface area is 136 Å². The van der Waals surface area contributed by atoms with Gasteiger partial charge in [-0.25, -0.2) is 4.79 Å². The number of halogens is 1. The number of nitrogens with zero attached hydrogens (tertiary/aromatic N) is 2. The molecule has 1 aliphatic heterocycles. The van der Waals surface area contributed by atoms with Crippen LogP contribution in [0.3, 0.4) is 0 Å². The Kier molecular flexibility index (Phi) is 3.76. The molecule has 2 heterocycles. The SMILES string of the molecule is COC(=O)c1c(N)c(C#N)cn1-c1cc2c(cc1Cl)OCCO2. The normalized spacial score (nSPS) is 12.6. The summed E-state index contributed by atoms with van der Waals surface area (Å²) in [7, 11) is 1.23. The van der Waals surface area contributed by atoms with Gasteiger partial charge in [-0.2, -0.15) is 5.26 Å². The molecule has 1 aliphatic rings. The molecule has 0 radical (unpaired) electrons. The molecule has 118 valence electrons. The Morgan fingerprint density at radius 3 is 2.65 bits per heavy atom. The largest absolute Gasteiger partial charge is 0.486 e. The Hall–Kier alpha value is -2.85. The van der Waals surface area contributed by atoms with E-state index in [2.05, 4.69) is 0 Å². The summed E-state index contributed by atoms with van der Waals surface area (Å²) in [4.78, 5) is 12.0. The number of hydrogen-bond donors (Lipinski definition) is 1. The van der Waals surface area contributed by atoms with Crippen molar-refractivity contribution in [2.45, 2.75) is 0 Å². The molecule has 0 fully saturated rings. The van der Waals surface area contributed by atoms with Gasteiger partial charge in [-0.3, -0.25) is 0 Å². The summed E-state index contributed by atoms with van der Waals surface area (Å²) in [6, 6.07) is 5.15. The zero-order chi connectivity index (χ0) is 16.6. The van der Waals surface area contributed by atoms with E-state index >= 15 is 0 Å². The maximum atomic E-state index is 12.0. The number of benzene rings is 1. The van der Waals surface area contributed by atoms with Crippen molar-refractivity contribution in [3.05, 3.63) is 34.6 Å². The lowest BCUT2D eigenvalue weighted by Gasteiger charge is -2.20. The molecular formula is C15H12ClN3O4. The molecule has 2 N–H and O–H groups in total. The van der Waals surface area contributed by atoms with Gasteiger partial charge in [0.25, 0.3) is 0 Å². The van der Waals surface area contributed by atoms with E-state index in [4.69, 9.17) is 36.8 Å². The number of carbonyl (C=O) groups is 1. The fraction of sp³-hybridized carbons (Fsp3) is 0.200. The van der Waals surface area contributed by atoms with Gasteiger partial charge in [-0.1, -0.05) is 11.6 Å². The van der Waals surface area contributed by atoms with Crippen molar-refractivity contribution in [3.63, 3.8) is 0 Å². The second kappa shape index (κ2) is 5.74. The predicted molar refractivity (Wildman–Crippen MR) is 82.2 cm³/mol. The third-order valence-electron chi connectivity index (χ3n) is 3.41. The number of carbonyl (C=O) groups excluding carboxylic acids is 1. The number of fused-ring (bicyclic) bond motifs is 1. The van der Waals surface area contributed by atoms with E-state index in [0.717, 1.165) is 0 Å². The highest BCUT2D eigenvalue weighted by molar-refractivity contribution is 6.32. The van der Waals surface area contributed by atoms with Crippen molar-refractivity contribution in [2.24, 2.45) is 0 Å². The Morgan fingerprint density at radius 2 is 2.04 bits per heavy atom. The predicted octanol–water partition coefficient (Wildman–Crippen LogP) is 2.14. The van der Waals surface area contributed by atoms with Gasteiger partial charge in [0.2, 0.25) is 0 Å². The van der Waals surface area contributed by atoms with Crippen molar-refractivity contribution in [3.8, 4) is 23.3 Å². The third-order valence-corrected chi connectivity index (χ3v) is 3.72. The zero-order valence-corrected chi connectivity index (χ0v) is 12.9. The van der Waals surface area contributed by atoms with Gasteiger partial charge < -0.3 is 24.5 Å². The molecule has 23 heavy (non-hydrogen) atoms. The van der Waals surface area contributed by atoms with Gasteiger partial charge in [0.1, 0.15) is 19.3 Å². The number of methoxy groups -OCH3 is 1. The van der Waals surface area contributed by atoms with Gasteiger partial charge >= 0.3 is 5.97 Å². The summed E-state index contributed by atoms with van der Waals surface area (Å²) in [5.74, 6) is 0.345. The number of nitrogen functional groups attached to an aromatic ring is 1. The number of esters is 1. The van der Waals surface area contributed by atoms with Crippen LogP contribution >= 0.6 is 11.6 Å². The van der Waals surface area contributed by atoms with Crippen LogP contribution in [0.4, 0.5) is 5.69 Å². The Morgan fingerprint density at radius 1 is 1.39 bits per heavy atom. The van der Waals surface area contributed by atoms with E-state index in [1.807, 2.05) is 6.07 Å². The number of nitrogens with two attached hydrogens (primary N) is 1. The molecule has 0 saturated carbocycles. The molecule has 1 aromatic heterocycles. The van der Waals surface area contributed by atoms with E-state index in [1.165, 1.54) is 17.9 Å². The first-order chi connectivity index (χ1) is 11.1. The molecule has 3 rings (SSSR count). The molecule has 1 aromatic carbocycles. The van der Waals surface area contributed by atoms with E-state index in [1.54, 1.807) is 12.1 Å². The van der Waals surface area contributed by atoms with Gasteiger partial charge in [-0.05, 0) is 0 Å². The minimum absolute atomic E-state index is 0.0302. The van der Waals surface area contributed by atoms with Crippen molar-refractivity contribution in [1.82, 2.24) is 4.57 Å². The molecule has 0 aliphatic carbocycles. The van der Waals surface area contributed by atoms with Crippen LogP contribution in [-0.2, 0) is 4.74 Å². The highest BCUT2D eigenvalue weighted by Crippen LogP contribution is 2.38. The van der Waals surface area contributed by atoms with Crippen LogP contribution in [0.5, 0.6) is 11.5 Å². The molecule has 2 aromatic rings. The van der Waals surface area contributed by atoms with Gasteiger partial charge in [0.15, 0.2) is 17.2 Å². The van der Waals surface area contributed by atoms with Crippen LogP contribution in [0.25, 0.3) is 5.69 Å². The van der Waals surface area contributed by atoms with Crippen molar-refractivity contribution in [1.29, 1.82) is 5.26 Å². The Balaban J connectivity index is 2.23. The van der Waals surface area contributed by atoms with E-state index in [-0.39, 0.29) is 16.9 Å². The molecule has 0 bridgehead atoms. The Bertz CT molecular complexity index is 838. The van der Waals surface area contributed by atoms with E-state index in [0.29, 0.717) is 35.4 Å². The lowest BCUT2D eigenvalue weighted by atomic mass is 10.2. The minimum Gasteiger partial charge on any atom is -0.486 e. The second-order valence-electron chi connectivity index (χ2n) is 4.73. The second-order valence-corrected chi connectivity index (χ2v) is 5.13. The molecular weight excluding hydrogens is 322 g/mol. The van der Waals surface area contributed by atoms with Crippen LogP contribution in [-0.4, -0.2) is 30.9 Å². The molecule has 7 nitrogen and oxygen atoms in total. The molecule has 0 amide bonds. The highest BCUT2D eigenvalue weighted by Gasteiger charge is 2.24. The summed E-state index contributed by atoms with van der Waals surface area (Å²) in [5.41, 5.74) is 6.52. The zero-order valence-electron chi connectivity index (χ0n) is 12.1. The first kappa shape index (κ1) is 15.1. The number of rotatable bonds is 2. The topological polar surface area (TPSA) is 99.5 Å². The molecule has 0 spiro atoms. The fourth-order valence-corrected chi connectivity index (χ4v) is 2.59. The van der Waals surface area contributed by atoms with Gasteiger partial charge in [0, 0.05) is 18.3 Å². The van der Waals surface area contributed by atoms with Crippen molar-refractivity contribution in [2.75, 3.05) is 26.1 Å². The maximum absolute atomic E-state index is 12.0. The first-order valence-electron chi connectivity index (χ1n) is 6.65. The summed E-state index contributed by atoms with van der Waals surface area (Å²) in [5, 5.41) is 9.46. The van der Waals surface area contributed by atoms with Crippen LogP contribution in [0, 0.1) is 11.3 Å².